The molecule has 4 aromatic carbocycles. The molecule has 2 aliphatic rings. The standard InChI is InChI=1S/C29H32N3OP/c1-30-28(26-18-10-14-22-12-4-6-16-24(22)26)29(27-19-11-15-23-13-5-7-17-25(23)27)31(2)34(30,33)32-20-8-3-9-21-32/h4-7,10-19,28-29H,3,8-9,20-21H2,1-2H3/t28-,29-/m0/s1. The monoisotopic (exact) mass is 469 g/mol. The van der Waals surface area contributed by atoms with Gasteiger partial charge in [-0.1, -0.05) is 91.3 Å². The molecular weight excluding hydrogens is 437 g/mol. The largest absolute Gasteiger partial charge is 0.287 e. The summed E-state index contributed by atoms with van der Waals surface area (Å²) in [6.07, 6.45) is 3.45. The van der Waals surface area contributed by atoms with Crippen LogP contribution < -0.4 is 0 Å². The van der Waals surface area contributed by atoms with Crippen LogP contribution in [0.15, 0.2) is 84.9 Å². The first-order valence-electron chi connectivity index (χ1n) is 12.4. The van der Waals surface area contributed by atoms with Gasteiger partial charge in [0.2, 0.25) is 0 Å². The molecule has 6 rings (SSSR count). The lowest BCUT2D eigenvalue weighted by Crippen LogP contribution is -2.35. The third kappa shape index (κ3) is 3.28. The van der Waals surface area contributed by atoms with Gasteiger partial charge in [-0.25, -0.2) is 14.0 Å². The number of hydrogen-bond acceptors (Lipinski definition) is 1. The van der Waals surface area contributed by atoms with Crippen LogP contribution in [-0.2, 0) is 4.57 Å². The van der Waals surface area contributed by atoms with Gasteiger partial charge in [0.1, 0.15) is 0 Å². The van der Waals surface area contributed by atoms with E-state index in [1.165, 1.54) is 39.1 Å². The molecule has 2 fully saturated rings. The first-order chi connectivity index (χ1) is 16.6. The summed E-state index contributed by atoms with van der Waals surface area (Å²) < 4.78 is 21.8. The number of piperidine rings is 1. The number of benzene rings is 4. The van der Waals surface area contributed by atoms with Crippen LogP contribution in [0.2, 0.25) is 0 Å². The molecule has 0 amide bonds. The van der Waals surface area contributed by atoms with E-state index >= 15 is 4.57 Å². The molecule has 2 heterocycles. The lowest BCUT2D eigenvalue weighted by atomic mass is 9.88. The van der Waals surface area contributed by atoms with Crippen molar-refractivity contribution < 1.29 is 4.57 Å². The van der Waals surface area contributed by atoms with E-state index in [2.05, 4.69) is 113 Å². The Morgan fingerprint density at radius 2 is 1.06 bits per heavy atom. The van der Waals surface area contributed by atoms with Crippen LogP contribution in [-0.4, -0.2) is 41.2 Å². The minimum Gasteiger partial charge on any atom is -0.270 e. The van der Waals surface area contributed by atoms with E-state index in [4.69, 9.17) is 0 Å². The normalized spacial score (nSPS) is 24.2. The molecule has 34 heavy (non-hydrogen) atoms. The molecular formula is C29H32N3OP. The molecule has 0 aliphatic carbocycles. The number of likely N-dealkylation sites (N-methyl/N-ethyl adjacent to an activating group) is 2. The molecule has 174 valence electrons. The zero-order chi connectivity index (χ0) is 23.3. The third-order valence-electron chi connectivity index (χ3n) is 7.91. The number of hydrogen-bond donors (Lipinski definition) is 0. The van der Waals surface area contributed by atoms with Crippen molar-refractivity contribution in [3.63, 3.8) is 0 Å². The summed E-state index contributed by atoms with van der Waals surface area (Å²) in [5.74, 6) is 0. The van der Waals surface area contributed by atoms with E-state index < -0.39 is 7.59 Å². The van der Waals surface area contributed by atoms with Crippen molar-refractivity contribution in [3.05, 3.63) is 96.1 Å². The van der Waals surface area contributed by atoms with Crippen molar-refractivity contribution in [1.82, 2.24) is 14.0 Å². The summed E-state index contributed by atoms with van der Waals surface area (Å²) in [5, 5.41) is 4.94. The smallest absolute Gasteiger partial charge is 0.270 e. The van der Waals surface area contributed by atoms with Crippen molar-refractivity contribution in [2.75, 3.05) is 27.2 Å². The Balaban J connectivity index is 1.60. The van der Waals surface area contributed by atoms with Crippen LogP contribution in [0.1, 0.15) is 42.5 Å². The number of nitrogens with zero attached hydrogens (tertiary/aromatic N) is 3. The molecule has 0 saturated carbocycles. The van der Waals surface area contributed by atoms with Crippen molar-refractivity contribution >= 4 is 29.1 Å². The molecule has 0 bridgehead atoms. The van der Waals surface area contributed by atoms with Crippen molar-refractivity contribution in [2.45, 2.75) is 31.3 Å². The minimum atomic E-state index is -2.93. The zero-order valence-electron chi connectivity index (χ0n) is 20.0. The molecule has 5 heteroatoms. The summed E-state index contributed by atoms with van der Waals surface area (Å²) in [7, 11) is 1.25. The molecule has 0 N–H and O–H groups in total. The molecule has 2 saturated heterocycles. The van der Waals surface area contributed by atoms with Crippen molar-refractivity contribution in [2.24, 2.45) is 0 Å². The maximum absolute atomic E-state index is 15.0. The Kier molecular flexibility index (Phi) is 5.58. The second-order valence-electron chi connectivity index (χ2n) is 9.70. The van der Waals surface area contributed by atoms with E-state index in [0.29, 0.717) is 0 Å². The fourth-order valence-electron chi connectivity index (χ4n) is 6.25. The van der Waals surface area contributed by atoms with Crippen LogP contribution >= 0.6 is 7.59 Å². The van der Waals surface area contributed by atoms with Crippen LogP contribution in [0.4, 0.5) is 0 Å². The predicted octanol–water partition coefficient (Wildman–Crippen LogP) is 7.25. The molecule has 2 aliphatic heterocycles. The van der Waals surface area contributed by atoms with Gasteiger partial charge in [-0.05, 0) is 59.6 Å². The van der Waals surface area contributed by atoms with Crippen LogP contribution in [0.3, 0.4) is 0 Å². The minimum absolute atomic E-state index is 0.0188. The first-order valence-corrected chi connectivity index (χ1v) is 13.9. The summed E-state index contributed by atoms with van der Waals surface area (Å²) in [4.78, 5) is 0. The fraction of sp³-hybridized carbons (Fsp3) is 0.310. The first kappa shape index (κ1) is 22.0. The van der Waals surface area contributed by atoms with Gasteiger partial charge >= 0.3 is 0 Å². The lowest BCUT2D eigenvalue weighted by Gasteiger charge is -2.39. The van der Waals surface area contributed by atoms with Gasteiger partial charge < -0.3 is 0 Å². The topological polar surface area (TPSA) is 26.8 Å². The van der Waals surface area contributed by atoms with Crippen molar-refractivity contribution in [1.29, 1.82) is 0 Å². The highest BCUT2D eigenvalue weighted by atomic mass is 31.2. The highest BCUT2D eigenvalue weighted by Crippen LogP contribution is 2.70. The quantitative estimate of drug-likeness (QED) is 0.295. The van der Waals surface area contributed by atoms with E-state index in [-0.39, 0.29) is 12.1 Å². The lowest BCUT2D eigenvalue weighted by molar-refractivity contribution is 0.299. The van der Waals surface area contributed by atoms with Crippen LogP contribution in [0.25, 0.3) is 21.5 Å². The van der Waals surface area contributed by atoms with E-state index in [9.17, 15) is 0 Å². The summed E-state index contributed by atoms with van der Waals surface area (Å²) >= 11 is 0. The Bertz CT molecular complexity index is 1290. The van der Waals surface area contributed by atoms with Gasteiger partial charge in [0.05, 0.1) is 12.1 Å². The predicted molar refractivity (Wildman–Crippen MR) is 142 cm³/mol. The second-order valence-corrected chi connectivity index (χ2v) is 12.6. The molecule has 0 aromatic heterocycles. The van der Waals surface area contributed by atoms with Crippen LogP contribution in [0.5, 0.6) is 0 Å². The average molecular weight is 470 g/mol. The Morgan fingerprint density at radius 1 is 0.618 bits per heavy atom. The zero-order valence-corrected chi connectivity index (χ0v) is 20.9. The highest BCUT2D eigenvalue weighted by Gasteiger charge is 2.55. The van der Waals surface area contributed by atoms with E-state index in [1.54, 1.807) is 0 Å². The SMILES string of the molecule is CN1[C@@H](c2cccc3ccccc23)[C@H](c2cccc3ccccc23)N(C)P1(=O)N1CCCCC1. The van der Waals surface area contributed by atoms with Gasteiger partial charge in [0.15, 0.2) is 0 Å². The van der Waals surface area contributed by atoms with Crippen LogP contribution in [0, 0.1) is 0 Å². The second kappa shape index (κ2) is 8.62. The fourth-order valence-corrected chi connectivity index (χ4v) is 9.45. The molecule has 0 unspecified atom stereocenters. The van der Waals surface area contributed by atoms with Gasteiger partial charge in [0, 0.05) is 13.1 Å². The van der Waals surface area contributed by atoms with Crippen molar-refractivity contribution in [3.8, 4) is 0 Å². The molecule has 4 aromatic rings. The maximum Gasteiger partial charge on any atom is 0.287 e. The van der Waals surface area contributed by atoms with Gasteiger partial charge in [-0.2, -0.15) is 0 Å². The Labute approximate surface area is 202 Å². The Morgan fingerprint density at radius 3 is 1.56 bits per heavy atom. The molecule has 0 radical (unpaired) electrons. The summed E-state index contributed by atoms with van der Waals surface area (Å²) in [6, 6.07) is 30.3. The highest BCUT2D eigenvalue weighted by molar-refractivity contribution is 7.56. The van der Waals surface area contributed by atoms with E-state index in [0.717, 1.165) is 25.9 Å². The maximum atomic E-state index is 15.0. The van der Waals surface area contributed by atoms with Gasteiger partial charge in [-0.3, -0.25) is 4.57 Å². The molecule has 4 nitrogen and oxygen atoms in total. The van der Waals surface area contributed by atoms with Gasteiger partial charge in [-0.15, -0.1) is 0 Å². The summed E-state index contributed by atoms with van der Waals surface area (Å²) in [6.45, 7) is 1.80. The molecule has 0 spiro atoms. The average Bonchev–Trinajstić information content (AvgIpc) is 3.10. The number of fused-ring (bicyclic) bond motifs is 2. The number of rotatable bonds is 3. The Hall–Kier alpha value is -2.49. The van der Waals surface area contributed by atoms with E-state index in [1.807, 2.05) is 0 Å². The third-order valence-corrected chi connectivity index (χ3v) is 11.2. The summed E-state index contributed by atoms with van der Waals surface area (Å²) in [5.41, 5.74) is 2.50. The van der Waals surface area contributed by atoms with Gasteiger partial charge in [0.25, 0.3) is 7.59 Å². The molecule has 2 atom stereocenters.